The maximum absolute atomic E-state index is 14.9. The zero-order valence-electron chi connectivity index (χ0n) is 18.3. The Morgan fingerprint density at radius 1 is 1.24 bits per heavy atom. The van der Waals surface area contributed by atoms with Crippen LogP contribution >= 0.6 is 11.6 Å². The van der Waals surface area contributed by atoms with E-state index in [0.717, 1.165) is 5.56 Å². The summed E-state index contributed by atoms with van der Waals surface area (Å²) in [5, 5.41) is 7.10. The molecule has 5 rings (SSSR count). The molecule has 0 radical (unpaired) electrons. The number of aromatic amines is 1. The van der Waals surface area contributed by atoms with Gasteiger partial charge in [-0.1, -0.05) is 11.6 Å². The van der Waals surface area contributed by atoms with Crippen LogP contribution in [0.1, 0.15) is 29.8 Å². The van der Waals surface area contributed by atoms with Crippen LogP contribution in [0.25, 0.3) is 16.9 Å². The molecule has 10 heteroatoms. The SMILES string of the molecule is Cc1nc2c(-c3ccc(Cl)cc3F)nc(N3C[C@@H](C)O[C@@H](c4cn[nH]c4)C3)cn2c(=O)c1C. The molecule has 1 fully saturated rings. The molecule has 4 aromatic rings. The summed E-state index contributed by atoms with van der Waals surface area (Å²) in [4.78, 5) is 24.5. The highest BCUT2D eigenvalue weighted by Gasteiger charge is 2.29. The van der Waals surface area contributed by atoms with E-state index in [1.165, 1.54) is 10.5 Å². The zero-order valence-corrected chi connectivity index (χ0v) is 19.1. The minimum absolute atomic E-state index is 0.0959. The van der Waals surface area contributed by atoms with Crippen molar-refractivity contribution in [3.8, 4) is 11.3 Å². The fourth-order valence-corrected chi connectivity index (χ4v) is 4.26. The number of nitrogens with one attached hydrogen (secondary N) is 1. The summed E-state index contributed by atoms with van der Waals surface area (Å²) >= 11 is 5.97. The molecule has 0 amide bonds. The topological polar surface area (TPSA) is 88.4 Å². The van der Waals surface area contributed by atoms with Gasteiger partial charge in [0, 0.05) is 40.1 Å². The van der Waals surface area contributed by atoms with E-state index >= 15 is 0 Å². The van der Waals surface area contributed by atoms with Crippen LogP contribution in [0.15, 0.2) is 41.6 Å². The maximum Gasteiger partial charge on any atom is 0.261 e. The second-order valence-electron chi connectivity index (χ2n) is 8.26. The Kier molecular flexibility index (Phi) is 5.38. The van der Waals surface area contributed by atoms with E-state index in [9.17, 15) is 9.18 Å². The van der Waals surface area contributed by atoms with E-state index in [1.807, 2.05) is 11.8 Å². The highest BCUT2D eigenvalue weighted by molar-refractivity contribution is 6.30. The van der Waals surface area contributed by atoms with E-state index in [0.29, 0.717) is 35.8 Å². The second-order valence-corrected chi connectivity index (χ2v) is 8.70. The summed E-state index contributed by atoms with van der Waals surface area (Å²) in [5.41, 5.74) is 2.60. The van der Waals surface area contributed by atoms with Crippen molar-refractivity contribution in [3.63, 3.8) is 0 Å². The molecule has 0 unspecified atom stereocenters. The van der Waals surface area contributed by atoms with Gasteiger partial charge >= 0.3 is 0 Å². The Bertz CT molecular complexity index is 1400. The van der Waals surface area contributed by atoms with Crippen LogP contribution in [0, 0.1) is 19.7 Å². The lowest BCUT2D eigenvalue weighted by Gasteiger charge is -2.37. The molecule has 170 valence electrons. The average molecular weight is 469 g/mol. The van der Waals surface area contributed by atoms with E-state index in [-0.39, 0.29) is 34.0 Å². The summed E-state index contributed by atoms with van der Waals surface area (Å²) in [6.45, 7) is 6.51. The number of hydrogen-bond acceptors (Lipinski definition) is 6. The van der Waals surface area contributed by atoms with Gasteiger partial charge in [-0.25, -0.2) is 14.4 Å². The largest absolute Gasteiger partial charge is 0.367 e. The number of hydrogen-bond donors (Lipinski definition) is 1. The minimum atomic E-state index is -0.534. The van der Waals surface area contributed by atoms with Gasteiger partial charge in [-0.15, -0.1) is 0 Å². The number of halogens is 2. The molecule has 1 aliphatic heterocycles. The molecule has 8 nitrogen and oxygen atoms in total. The highest BCUT2D eigenvalue weighted by atomic mass is 35.5. The van der Waals surface area contributed by atoms with Crippen LogP contribution in [0.3, 0.4) is 0 Å². The molecule has 0 spiro atoms. The van der Waals surface area contributed by atoms with Crippen molar-refractivity contribution in [3.05, 3.63) is 74.8 Å². The third-order valence-corrected chi connectivity index (χ3v) is 6.16. The Morgan fingerprint density at radius 2 is 2.06 bits per heavy atom. The molecule has 4 heterocycles. The molecule has 1 aliphatic rings. The average Bonchev–Trinajstić information content (AvgIpc) is 3.32. The van der Waals surface area contributed by atoms with Crippen LogP contribution in [-0.4, -0.2) is 43.8 Å². The van der Waals surface area contributed by atoms with E-state index in [1.54, 1.807) is 44.6 Å². The first-order valence-electron chi connectivity index (χ1n) is 10.6. The van der Waals surface area contributed by atoms with Crippen LogP contribution in [-0.2, 0) is 4.74 Å². The number of aryl methyl sites for hydroxylation is 1. The lowest BCUT2D eigenvalue weighted by atomic mass is 10.1. The molecular formula is C23H22ClFN6O2. The van der Waals surface area contributed by atoms with Gasteiger partial charge in [-0.05, 0) is 39.0 Å². The monoisotopic (exact) mass is 468 g/mol. The summed E-state index contributed by atoms with van der Waals surface area (Å²) in [7, 11) is 0. The van der Waals surface area contributed by atoms with Crippen LogP contribution in [0.4, 0.5) is 10.2 Å². The zero-order chi connectivity index (χ0) is 23.3. The molecular weight excluding hydrogens is 447 g/mol. The van der Waals surface area contributed by atoms with E-state index in [2.05, 4.69) is 15.2 Å². The summed E-state index contributed by atoms with van der Waals surface area (Å²) in [5.74, 6) is -0.00389. The van der Waals surface area contributed by atoms with Gasteiger partial charge in [0.2, 0.25) is 0 Å². The molecule has 0 aliphatic carbocycles. The number of rotatable bonds is 3. The van der Waals surface area contributed by atoms with Gasteiger partial charge in [-0.2, -0.15) is 5.10 Å². The van der Waals surface area contributed by atoms with Gasteiger partial charge in [0.15, 0.2) is 5.65 Å². The molecule has 3 aromatic heterocycles. The van der Waals surface area contributed by atoms with Gasteiger partial charge < -0.3 is 9.64 Å². The number of ether oxygens (including phenoxy) is 1. The lowest BCUT2D eigenvalue weighted by Crippen LogP contribution is -2.43. The number of anilines is 1. The molecule has 33 heavy (non-hydrogen) atoms. The molecule has 1 N–H and O–H groups in total. The third kappa shape index (κ3) is 3.87. The first-order valence-corrected chi connectivity index (χ1v) is 10.9. The highest BCUT2D eigenvalue weighted by Crippen LogP contribution is 2.31. The van der Waals surface area contributed by atoms with Crippen LogP contribution < -0.4 is 10.5 Å². The first kappa shape index (κ1) is 21.5. The normalized spacial score (nSPS) is 18.8. The first-order chi connectivity index (χ1) is 15.8. The standard InChI is InChI=1S/C23H22ClFN6O2/c1-12-9-30(10-19(33-12)15-7-26-27-8-15)20-11-31-22(28-14(3)13(2)23(31)32)21(29-20)17-5-4-16(24)6-18(17)25/h4-8,11-12,19H,9-10H2,1-3H3,(H,26,27)/t12-,19-/m1/s1. The number of aromatic nitrogens is 5. The molecule has 1 saturated heterocycles. The maximum atomic E-state index is 14.9. The van der Waals surface area contributed by atoms with Crippen molar-refractivity contribution in [1.29, 1.82) is 0 Å². The number of nitrogens with zero attached hydrogens (tertiary/aromatic N) is 5. The van der Waals surface area contributed by atoms with E-state index in [4.69, 9.17) is 21.3 Å². The summed E-state index contributed by atoms with van der Waals surface area (Å²) in [6.07, 6.45) is 4.86. The molecule has 1 aromatic carbocycles. The quantitative estimate of drug-likeness (QED) is 0.491. The van der Waals surface area contributed by atoms with Crippen molar-refractivity contribution in [2.24, 2.45) is 0 Å². The summed E-state index contributed by atoms with van der Waals surface area (Å²) < 4.78 is 22.5. The fraction of sp³-hybridized carbons (Fsp3) is 0.304. The second kappa shape index (κ2) is 8.24. The summed E-state index contributed by atoms with van der Waals surface area (Å²) in [6, 6.07) is 4.38. The van der Waals surface area contributed by atoms with Gasteiger partial charge in [0.05, 0.1) is 25.0 Å². The van der Waals surface area contributed by atoms with Crippen molar-refractivity contribution in [1.82, 2.24) is 24.6 Å². The van der Waals surface area contributed by atoms with Crippen molar-refractivity contribution in [2.75, 3.05) is 18.0 Å². The number of fused-ring (bicyclic) bond motifs is 1. The molecule has 0 bridgehead atoms. The third-order valence-electron chi connectivity index (χ3n) is 5.93. The number of benzene rings is 1. The number of H-pyrrole nitrogens is 1. The van der Waals surface area contributed by atoms with Gasteiger partial charge in [0.1, 0.15) is 23.4 Å². The molecule has 0 saturated carbocycles. The van der Waals surface area contributed by atoms with Crippen LogP contribution in [0.2, 0.25) is 5.02 Å². The van der Waals surface area contributed by atoms with Crippen molar-refractivity contribution < 1.29 is 9.13 Å². The Labute approximate surface area is 194 Å². The van der Waals surface area contributed by atoms with Crippen molar-refractivity contribution in [2.45, 2.75) is 33.0 Å². The predicted molar refractivity (Wildman–Crippen MR) is 123 cm³/mol. The lowest BCUT2D eigenvalue weighted by molar-refractivity contribution is -0.0176. The Morgan fingerprint density at radius 3 is 2.79 bits per heavy atom. The van der Waals surface area contributed by atoms with Gasteiger partial charge in [-0.3, -0.25) is 14.3 Å². The molecule has 2 atom stereocenters. The Balaban J connectivity index is 1.71. The number of morpholine rings is 1. The van der Waals surface area contributed by atoms with Gasteiger partial charge in [0.25, 0.3) is 5.56 Å². The van der Waals surface area contributed by atoms with E-state index < -0.39 is 5.82 Å². The Hall–Kier alpha value is -3.30. The minimum Gasteiger partial charge on any atom is -0.367 e. The van der Waals surface area contributed by atoms with Crippen LogP contribution in [0.5, 0.6) is 0 Å². The predicted octanol–water partition coefficient (Wildman–Crippen LogP) is 3.86. The van der Waals surface area contributed by atoms with Crippen molar-refractivity contribution >= 4 is 23.1 Å². The smallest absolute Gasteiger partial charge is 0.261 e. The fourth-order valence-electron chi connectivity index (χ4n) is 4.10.